The second-order valence-corrected chi connectivity index (χ2v) is 6.71. The molecule has 1 aliphatic rings. The molecule has 4 heteroatoms. The first-order chi connectivity index (χ1) is 9.22. The molecule has 1 heterocycles. The Morgan fingerprint density at radius 1 is 1.42 bits per heavy atom. The summed E-state index contributed by atoms with van der Waals surface area (Å²) in [5, 5.41) is 5.02. The van der Waals surface area contributed by atoms with Crippen LogP contribution in [0.25, 0.3) is 0 Å². The Labute approximate surface area is 121 Å². The van der Waals surface area contributed by atoms with Crippen LogP contribution >= 0.6 is 11.8 Å². The van der Waals surface area contributed by atoms with Crippen LogP contribution in [0.4, 0.5) is 0 Å². The first kappa shape index (κ1) is 14.8. The van der Waals surface area contributed by atoms with Gasteiger partial charge in [-0.2, -0.15) is 0 Å². The van der Waals surface area contributed by atoms with Crippen LogP contribution in [0.15, 0.2) is 17.4 Å². The van der Waals surface area contributed by atoms with Crippen molar-refractivity contribution < 1.29 is 0 Å². The van der Waals surface area contributed by atoms with E-state index in [-0.39, 0.29) is 0 Å². The van der Waals surface area contributed by atoms with E-state index in [1.165, 1.54) is 32.1 Å². The molecule has 0 amide bonds. The van der Waals surface area contributed by atoms with Gasteiger partial charge in [0.05, 0.1) is 0 Å². The molecule has 0 aromatic carbocycles. The predicted molar refractivity (Wildman–Crippen MR) is 81.5 cm³/mol. The molecule has 0 saturated heterocycles. The first-order valence-electron chi connectivity index (χ1n) is 7.36. The Hall–Kier alpha value is -0.610. The van der Waals surface area contributed by atoms with E-state index in [0.29, 0.717) is 11.3 Å². The number of aromatic nitrogens is 2. The van der Waals surface area contributed by atoms with Crippen LogP contribution in [0.2, 0.25) is 0 Å². The van der Waals surface area contributed by atoms with Crippen molar-refractivity contribution in [3.8, 4) is 0 Å². The smallest absolute Gasteiger partial charge is 0.188 e. The van der Waals surface area contributed by atoms with Gasteiger partial charge in [-0.05, 0) is 45.2 Å². The van der Waals surface area contributed by atoms with Crippen LogP contribution in [-0.4, -0.2) is 28.3 Å². The Kier molecular flexibility index (Phi) is 5.64. The number of nitrogens with zero attached hydrogens (tertiary/aromatic N) is 2. The van der Waals surface area contributed by atoms with E-state index < -0.39 is 0 Å². The standard InChI is InChI=1S/C15H25N3S/c1-4-5-12-6-7-13(16-3)14(10-12)19-15-17-9-8-11(2)18-15/h8-9,12-14,16H,4-7,10H2,1-3H3. The number of nitrogens with one attached hydrogen (secondary N) is 1. The Bertz CT molecular complexity index is 397. The second kappa shape index (κ2) is 7.25. The van der Waals surface area contributed by atoms with Gasteiger partial charge >= 0.3 is 0 Å². The molecule has 3 unspecified atom stereocenters. The normalized spacial score (nSPS) is 27.4. The highest BCUT2D eigenvalue weighted by Crippen LogP contribution is 2.36. The van der Waals surface area contributed by atoms with Crippen LogP contribution in [0, 0.1) is 12.8 Å². The lowest BCUT2D eigenvalue weighted by molar-refractivity contribution is 0.295. The van der Waals surface area contributed by atoms with E-state index in [4.69, 9.17) is 0 Å². The van der Waals surface area contributed by atoms with Crippen LogP contribution in [-0.2, 0) is 0 Å². The molecule has 0 aliphatic heterocycles. The van der Waals surface area contributed by atoms with E-state index in [1.54, 1.807) is 0 Å². The fourth-order valence-corrected chi connectivity index (χ4v) is 4.35. The Morgan fingerprint density at radius 2 is 2.26 bits per heavy atom. The van der Waals surface area contributed by atoms with Gasteiger partial charge in [0.2, 0.25) is 0 Å². The number of thioether (sulfide) groups is 1. The van der Waals surface area contributed by atoms with E-state index in [0.717, 1.165) is 16.8 Å². The molecule has 1 aromatic heterocycles. The molecule has 1 aliphatic carbocycles. The minimum atomic E-state index is 0.599. The highest BCUT2D eigenvalue weighted by atomic mass is 32.2. The quantitative estimate of drug-likeness (QED) is 0.838. The molecule has 0 radical (unpaired) electrons. The molecule has 0 spiro atoms. The zero-order valence-corrected chi connectivity index (χ0v) is 13.0. The summed E-state index contributed by atoms with van der Waals surface area (Å²) >= 11 is 1.86. The summed E-state index contributed by atoms with van der Waals surface area (Å²) in [4.78, 5) is 8.93. The van der Waals surface area contributed by atoms with Crippen molar-refractivity contribution in [3.05, 3.63) is 18.0 Å². The van der Waals surface area contributed by atoms with E-state index >= 15 is 0 Å². The fraction of sp³-hybridized carbons (Fsp3) is 0.733. The van der Waals surface area contributed by atoms with Gasteiger partial charge in [0.25, 0.3) is 0 Å². The minimum absolute atomic E-state index is 0.599. The number of hydrogen-bond donors (Lipinski definition) is 1. The van der Waals surface area contributed by atoms with E-state index in [1.807, 2.05) is 30.9 Å². The maximum atomic E-state index is 4.53. The van der Waals surface area contributed by atoms with Gasteiger partial charge in [-0.1, -0.05) is 31.5 Å². The molecule has 106 valence electrons. The van der Waals surface area contributed by atoms with Gasteiger partial charge in [-0.3, -0.25) is 0 Å². The second-order valence-electron chi connectivity index (χ2n) is 5.50. The average Bonchev–Trinajstić information content (AvgIpc) is 2.39. The van der Waals surface area contributed by atoms with Crippen LogP contribution in [0.3, 0.4) is 0 Å². The average molecular weight is 279 g/mol. The Morgan fingerprint density at radius 3 is 2.95 bits per heavy atom. The maximum Gasteiger partial charge on any atom is 0.188 e. The largest absolute Gasteiger partial charge is 0.316 e. The fourth-order valence-electron chi connectivity index (χ4n) is 2.96. The molecular weight excluding hydrogens is 254 g/mol. The highest BCUT2D eigenvalue weighted by molar-refractivity contribution is 7.99. The van der Waals surface area contributed by atoms with Crippen molar-refractivity contribution in [2.75, 3.05) is 7.05 Å². The lowest BCUT2D eigenvalue weighted by Crippen LogP contribution is -2.40. The lowest BCUT2D eigenvalue weighted by Gasteiger charge is -2.35. The lowest BCUT2D eigenvalue weighted by atomic mass is 9.83. The minimum Gasteiger partial charge on any atom is -0.316 e. The third-order valence-corrected chi connectivity index (χ3v) is 5.23. The molecule has 3 atom stereocenters. The van der Waals surface area contributed by atoms with Crippen molar-refractivity contribution in [2.45, 2.75) is 62.4 Å². The summed E-state index contributed by atoms with van der Waals surface area (Å²) in [6, 6.07) is 2.56. The third kappa shape index (κ3) is 4.18. The molecule has 2 rings (SSSR count). The molecular formula is C15H25N3S. The van der Waals surface area contributed by atoms with Gasteiger partial charge in [0.15, 0.2) is 5.16 Å². The molecule has 1 aromatic rings. The van der Waals surface area contributed by atoms with Crippen LogP contribution < -0.4 is 5.32 Å². The summed E-state index contributed by atoms with van der Waals surface area (Å²) < 4.78 is 0. The highest BCUT2D eigenvalue weighted by Gasteiger charge is 2.30. The molecule has 19 heavy (non-hydrogen) atoms. The summed E-state index contributed by atoms with van der Waals surface area (Å²) in [5.74, 6) is 0.886. The van der Waals surface area contributed by atoms with Gasteiger partial charge in [0, 0.05) is 23.2 Å². The molecule has 1 N–H and O–H groups in total. The van der Waals surface area contributed by atoms with Crippen molar-refractivity contribution >= 4 is 11.8 Å². The van der Waals surface area contributed by atoms with Gasteiger partial charge < -0.3 is 5.32 Å². The summed E-state index contributed by atoms with van der Waals surface area (Å²) in [7, 11) is 2.08. The molecule has 3 nitrogen and oxygen atoms in total. The van der Waals surface area contributed by atoms with Gasteiger partial charge in [0.1, 0.15) is 0 Å². The van der Waals surface area contributed by atoms with Gasteiger partial charge in [-0.25, -0.2) is 9.97 Å². The summed E-state index contributed by atoms with van der Waals surface area (Å²) in [6.07, 6.45) is 8.47. The van der Waals surface area contributed by atoms with Crippen molar-refractivity contribution in [3.63, 3.8) is 0 Å². The SMILES string of the molecule is CCCC1CCC(NC)C(Sc2nccc(C)n2)C1. The van der Waals surface area contributed by atoms with Crippen LogP contribution in [0.5, 0.6) is 0 Å². The third-order valence-electron chi connectivity index (χ3n) is 4.00. The number of aryl methyl sites for hydroxylation is 1. The first-order valence-corrected chi connectivity index (χ1v) is 8.24. The van der Waals surface area contributed by atoms with Crippen molar-refractivity contribution in [1.29, 1.82) is 0 Å². The van der Waals surface area contributed by atoms with Crippen LogP contribution in [0.1, 0.15) is 44.7 Å². The van der Waals surface area contributed by atoms with Crippen molar-refractivity contribution in [2.24, 2.45) is 5.92 Å². The van der Waals surface area contributed by atoms with Gasteiger partial charge in [-0.15, -0.1) is 0 Å². The topological polar surface area (TPSA) is 37.8 Å². The summed E-state index contributed by atoms with van der Waals surface area (Å²) in [6.45, 7) is 4.32. The van der Waals surface area contributed by atoms with E-state index in [2.05, 4.69) is 29.3 Å². The summed E-state index contributed by atoms with van der Waals surface area (Å²) in [5.41, 5.74) is 1.06. The monoisotopic (exact) mass is 279 g/mol. The van der Waals surface area contributed by atoms with Crippen molar-refractivity contribution in [1.82, 2.24) is 15.3 Å². The zero-order chi connectivity index (χ0) is 13.7. The Balaban J connectivity index is 2.01. The number of hydrogen-bond acceptors (Lipinski definition) is 4. The predicted octanol–water partition coefficient (Wildman–Crippen LogP) is 3.43. The molecule has 1 saturated carbocycles. The molecule has 0 bridgehead atoms. The number of rotatable bonds is 5. The maximum absolute atomic E-state index is 4.53. The van der Waals surface area contributed by atoms with E-state index in [9.17, 15) is 0 Å². The molecule has 1 fully saturated rings. The zero-order valence-electron chi connectivity index (χ0n) is 12.2.